The number of amides is 1. The predicted octanol–water partition coefficient (Wildman–Crippen LogP) is 1.42. The number of aryl methyl sites for hydroxylation is 1. The predicted molar refractivity (Wildman–Crippen MR) is 86.3 cm³/mol. The van der Waals surface area contributed by atoms with Gasteiger partial charge < -0.3 is 10.6 Å². The first-order valence-electron chi connectivity index (χ1n) is 7.89. The van der Waals surface area contributed by atoms with E-state index >= 15 is 0 Å². The van der Waals surface area contributed by atoms with Crippen molar-refractivity contribution in [3.05, 3.63) is 35.9 Å². The van der Waals surface area contributed by atoms with Crippen molar-refractivity contribution in [2.24, 2.45) is 0 Å². The Morgan fingerprint density at radius 2 is 1.90 bits per heavy atom. The summed E-state index contributed by atoms with van der Waals surface area (Å²) >= 11 is 0. The van der Waals surface area contributed by atoms with Crippen LogP contribution in [0.2, 0.25) is 0 Å². The molecule has 1 heterocycles. The molecule has 2 N–H and O–H groups in total. The van der Waals surface area contributed by atoms with Gasteiger partial charge in [-0.3, -0.25) is 9.69 Å². The molecule has 1 aliphatic heterocycles. The van der Waals surface area contributed by atoms with Crippen molar-refractivity contribution in [1.29, 1.82) is 0 Å². The lowest BCUT2D eigenvalue weighted by Crippen LogP contribution is -2.60. The first kappa shape index (κ1) is 16.0. The van der Waals surface area contributed by atoms with Gasteiger partial charge in [0.15, 0.2) is 0 Å². The van der Waals surface area contributed by atoms with E-state index in [1.807, 2.05) is 19.9 Å². The van der Waals surface area contributed by atoms with Crippen LogP contribution >= 0.6 is 0 Å². The molecule has 2 rings (SSSR count). The summed E-state index contributed by atoms with van der Waals surface area (Å²) in [6.45, 7) is 8.57. The minimum atomic E-state index is -0.422. The second-order valence-electron chi connectivity index (χ2n) is 6.14. The van der Waals surface area contributed by atoms with Crippen molar-refractivity contribution in [2.75, 3.05) is 32.7 Å². The normalized spacial score (nSPS) is 16.7. The van der Waals surface area contributed by atoms with Crippen molar-refractivity contribution in [3.8, 4) is 0 Å². The lowest BCUT2D eigenvalue weighted by molar-refractivity contribution is -0.132. The summed E-state index contributed by atoms with van der Waals surface area (Å²) in [7, 11) is 0. The number of nitrogens with zero attached hydrogens (tertiary/aromatic N) is 1. The molecule has 0 radical (unpaired) electrons. The van der Waals surface area contributed by atoms with E-state index in [9.17, 15) is 4.79 Å². The van der Waals surface area contributed by atoms with Crippen LogP contribution in [0.4, 0.5) is 0 Å². The lowest BCUT2D eigenvalue weighted by atomic mass is 10.0. The van der Waals surface area contributed by atoms with Crippen molar-refractivity contribution in [3.63, 3.8) is 0 Å². The zero-order valence-electron chi connectivity index (χ0n) is 13.2. The molecule has 0 atom stereocenters. The molecule has 1 aromatic rings. The summed E-state index contributed by atoms with van der Waals surface area (Å²) in [5, 5.41) is 6.41. The van der Waals surface area contributed by atoms with Crippen LogP contribution in [-0.4, -0.2) is 49.1 Å². The standard InChI is InChI=1S/C17H27N3O/c1-17(2,20-13-11-18-12-14-20)16(21)19-10-6-9-15-7-4-3-5-8-15/h3-5,7-8,18H,6,9-14H2,1-2H3,(H,19,21). The van der Waals surface area contributed by atoms with Gasteiger partial charge in [0.1, 0.15) is 0 Å². The lowest BCUT2D eigenvalue weighted by Gasteiger charge is -2.39. The molecule has 1 amide bonds. The highest BCUT2D eigenvalue weighted by atomic mass is 16.2. The Morgan fingerprint density at radius 3 is 2.57 bits per heavy atom. The summed E-state index contributed by atoms with van der Waals surface area (Å²) in [5.41, 5.74) is 0.905. The first-order chi connectivity index (χ1) is 10.1. The number of benzene rings is 1. The van der Waals surface area contributed by atoms with Gasteiger partial charge in [-0.05, 0) is 32.3 Å². The van der Waals surface area contributed by atoms with Gasteiger partial charge in [-0.25, -0.2) is 0 Å². The maximum atomic E-state index is 12.4. The maximum absolute atomic E-state index is 12.4. The number of nitrogens with one attached hydrogen (secondary N) is 2. The molecule has 0 aromatic heterocycles. The first-order valence-corrected chi connectivity index (χ1v) is 7.89. The molecular formula is C17H27N3O. The molecule has 116 valence electrons. The molecule has 0 unspecified atom stereocenters. The van der Waals surface area contributed by atoms with Gasteiger partial charge in [-0.2, -0.15) is 0 Å². The second-order valence-corrected chi connectivity index (χ2v) is 6.14. The summed E-state index contributed by atoms with van der Waals surface area (Å²) in [6, 6.07) is 10.4. The highest BCUT2D eigenvalue weighted by Crippen LogP contribution is 2.15. The zero-order valence-corrected chi connectivity index (χ0v) is 13.2. The van der Waals surface area contributed by atoms with Gasteiger partial charge in [-0.1, -0.05) is 30.3 Å². The van der Waals surface area contributed by atoms with Gasteiger partial charge in [0.05, 0.1) is 5.54 Å². The maximum Gasteiger partial charge on any atom is 0.239 e. The average Bonchev–Trinajstić information content (AvgIpc) is 2.53. The Bertz CT molecular complexity index is 439. The molecule has 4 nitrogen and oxygen atoms in total. The van der Waals surface area contributed by atoms with Gasteiger partial charge in [0, 0.05) is 32.7 Å². The Hall–Kier alpha value is -1.39. The minimum Gasteiger partial charge on any atom is -0.354 e. The van der Waals surface area contributed by atoms with Crippen LogP contribution in [0.1, 0.15) is 25.8 Å². The van der Waals surface area contributed by atoms with E-state index in [1.165, 1.54) is 5.56 Å². The molecule has 1 aromatic carbocycles. The topological polar surface area (TPSA) is 44.4 Å². The van der Waals surface area contributed by atoms with Crippen LogP contribution in [0.3, 0.4) is 0 Å². The molecular weight excluding hydrogens is 262 g/mol. The van der Waals surface area contributed by atoms with Gasteiger partial charge in [0.2, 0.25) is 5.91 Å². The molecule has 4 heteroatoms. The van der Waals surface area contributed by atoms with Gasteiger partial charge in [-0.15, -0.1) is 0 Å². The number of hydrogen-bond donors (Lipinski definition) is 2. The number of carbonyl (C=O) groups excluding carboxylic acids is 1. The fourth-order valence-corrected chi connectivity index (χ4v) is 2.72. The number of carbonyl (C=O) groups is 1. The van der Waals surface area contributed by atoms with Crippen LogP contribution in [0.15, 0.2) is 30.3 Å². The fourth-order valence-electron chi connectivity index (χ4n) is 2.72. The fraction of sp³-hybridized carbons (Fsp3) is 0.588. The quantitative estimate of drug-likeness (QED) is 0.779. The molecule has 0 saturated carbocycles. The van der Waals surface area contributed by atoms with Crippen molar-refractivity contribution in [1.82, 2.24) is 15.5 Å². The molecule has 1 aliphatic rings. The van der Waals surface area contributed by atoms with Crippen LogP contribution in [0.5, 0.6) is 0 Å². The zero-order chi connectivity index (χ0) is 15.1. The van der Waals surface area contributed by atoms with E-state index in [-0.39, 0.29) is 5.91 Å². The summed E-state index contributed by atoms with van der Waals surface area (Å²) in [6.07, 6.45) is 1.99. The summed E-state index contributed by atoms with van der Waals surface area (Å²) in [4.78, 5) is 14.7. The minimum absolute atomic E-state index is 0.137. The smallest absolute Gasteiger partial charge is 0.239 e. The van der Waals surface area contributed by atoms with E-state index in [0.29, 0.717) is 0 Å². The van der Waals surface area contributed by atoms with Crippen LogP contribution < -0.4 is 10.6 Å². The van der Waals surface area contributed by atoms with E-state index in [2.05, 4.69) is 39.8 Å². The van der Waals surface area contributed by atoms with E-state index in [4.69, 9.17) is 0 Å². The van der Waals surface area contributed by atoms with Gasteiger partial charge >= 0.3 is 0 Å². The van der Waals surface area contributed by atoms with Crippen molar-refractivity contribution in [2.45, 2.75) is 32.2 Å². The average molecular weight is 289 g/mol. The van der Waals surface area contributed by atoms with E-state index < -0.39 is 5.54 Å². The molecule has 1 saturated heterocycles. The van der Waals surface area contributed by atoms with Crippen LogP contribution in [0, 0.1) is 0 Å². The second kappa shape index (κ2) is 7.57. The van der Waals surface area contributed by atoms with E-state index in [0.717, 1.165) is 45.6 Å². The van der Waals surface area contributed by atoms with E-state index in [1.54, 1.807) is 0 Å². The van der Waals surface area contributed by atoms with Crippen LogP contribution in [0.25, 0.3) is 0 Å². The Labute approximate surface area is 127 Å². The SMILES string of the molecule is CC(C)(C(=O)NCCCc1ccccc1)N1CCNCC1. The Morgan fingerprint density at radius 1 is 1.24 bits per heavy atom. The molecule has 0 bridgehead atoms. The Kier molecular flexibility index (Phi) is 5.76. The van der Waals surface area contributed by atoms with Crippen molar-refractivity contribution >= 4 is 5.91 Å². The number of rotatable bonds is 6. The molecule has 0 aliphatic carbocycles. The largest absolute Gasteiger partial charge is 0.354 e. The molecule has 21 heavy (non-hydrogen) atoms. The number of hydrogen-bond acceptors (Lipinski definition) is 3. The van der Waals surface area contributed by atoms with Gasteiger partial charge in [0.25, 0.3) is 0 Å². The highest BCUT2D eigenvalue weighted by Gasteiger charge is 2.34. The Balaban J connectivity index is 1.73. The monoisotopic (exact) mass is 289 g/mol. The third-order valence-electron chi connectivity index (χ3n) is 4.23. The third-order valence-corrected chi connectivity index (χ3v) is 4.23. The number of piperazine rings is 1. The third kappa shape index (κ3) is 4.55. The summed E-state index contributed by atoms with van der Waals surface area (Å²) < 4.78 is 0. The molecule has 0 spiro atoms. The highest BCUT2D eigenvalue weighted by molar-refractivity contribution is 5.85. The van der Waals surface area contributed by atoms with Crippen LogP contribution in [-0.2, 0) is 11.2 Å². The summed E-state index contributed by atoms with van der Waals surface area (Å²) in [5.74, 6) is 0.137. The van der Waals surface area contributed by atoms with Crippen molar-refractivity contribution < 1.29 is 4.79 Å². The molecule has 1 fully saturated rings.